The molecule has 0 bridgehead atoms. The van der Waals surface area contributed by atoms with Crippen LogP contribution in [0.3, 0.4) is 0 Å². The molecule has 0 radical (unpaired) electrons. The van der Waals surface area contributed by atoms with Crippen LogP contribution in [0.25, 0.3) is 0 Å². The maximum Gasteiger partial charge on any atom is 0.411 e. The highest BCUT2D eigenvalue weighted by Crippen LogP contribution is 2.14. The maximum absolute atomic E-state index is 11.7. The average molecular weight is 334 g/mol. The van der Waals surface area contributed by atoms with E-state index in [-0.39, 0.29) is 18.9 Å². The van der Waals surface area contributed by atoms with Gasteiger partial charge in [-0.05, 0) is 18.8 Å². The molecule has 0 aromatic rings. The second-order valence-electron chi connectivity index (χ2n) is 4.17. The highest BCUT2D eigenvalue weighted by atomic mass is 79.9. The minimum Gasteiger partial charge on any atom is -0.372 e. The zero-order chi connectivity index (χ0) is 14.0. The lowest BCUT2D eigenvalue weighted by molar-refractivity contribution is -0.174. The molecule has 0 heterocycles. The van der Waals surface area contributed by atoms with Crippen LogP contribution in [0, 0.1) is 5.92 Å². The second-order valence-corrected chi connectivity index (χ2v) is 4.82. The summed E-state index contributed by atoms with van der Waals surface area (Å²) >= 11 is 3.36. The molecule has 0 rings (SSSR count). The number of amides is 1. The Balaban J connectivity index is 3.38. The molecule has 0 aliphatic heterocycles. The molecular formula is C11H19BrF3NO2. The van der Waals surface area contributed by atoms with Gasteiger partial charge in [0.1, 0.15) is 6.61 Å². The molecular weight excluding hydrogens is 315 g/mol. The van der Waals surface area contributed by atoms with E-state index in [1.54, 1.807) is 0 Å². The number of carbonyl (C=O) groups is 1. The zero-order valence-electron chi connectivity index (χ0n) is 10.4. The van der Waals surface area contributed by atoms with E-state index in [0.29, 0.717) is 12.5 Å². The Morgan fingerprint density at radius 1 is 1.44 bits per heavy atom. The summed E-state index contributed by atoms with van der Waals surface area (Å²) in [5.41, 5.74) is 0. The van der Waals surface area contributed by atoms with Gasteiger partial charge in [0.05, 0.1) is 6.61 Å². The van der Waals surface area contributed by atoms with Crippen LogP contribution >= 0.6 is 15.9 Å². The number of halogens is 4. The van der Waals surface area contributed by atoms with E-state index in [1.165, 1.54) is 0 Å². The van der Waals surface area contributed by atoms with Gasteiger partial charge in [-0.2, -0.15) is 13.2 Å². The van der Waals surface area contributed by atoms with E-state index < -0.39 is 12.8 Å². The van der Waals surface area contributed by atoms with Gasteiger partial charge in [0.2, 0.25) is 5.91 Å². The monoisotopic (exact) mass is 333 g/mol. The number of rotatable bonds is 9. The third-order valence-electron chi connectivity index (χ3n) is 2.20. The highest BCUT2D eigenvalue weighted by Gasteiger charge is 2.27. The minimum absolute atomic E-state index is 0.0376. The molecule has 1 atom stereocenters. The van der Waals surface area contributed by atoms with Crippen LogP contribution in [0.15, 0.2) is 0 Å². The smallest absolute Gasteiger partial charge is 0.372 e. The van der Waals surface area contributed by atoms with Crippen molar-refractivity contribution in [2.24, 2.45) is 5.92 Å². The van der Waals surface area contributed by atoms with Crippen molar-refractivity contribution in [1.29, 1.82) is 0 Å². The largest absolute Gasteiger partial charge is 0.411 e. The molecule has 18 heavy (non-hydrogen) atoms. The quantitative estimate of drug-likeness (QED) is 0.520. The molecule has 1 unspecified atom stereocenters. The molecule has 0 saturated heterocycles. The first-order chi connectivity index (χ1) is 8.35. The normalized spacial score (nSPS) is 13.4. The molecule has 0 aliphatic carbocycles. The Bertz CT molecular complexity index is 237. The fraction of sp³-hybridized carbons (Fsp3) is 0.909. The Kier molecular flexibility index (Phi) is 9.45. The first-order valence-electron chi connectivity index (χ1n) is 5.82. The zero-order valence-corrected chi connectivity index (χ0v) is 11.9. The van der Waals surface area contributed by atoms with Gasteiger partial charge in [-0.3, -0.25) is 4.79 Å². The molecule has 0 aromatic heterocycles. The third-order valence-corrected chi connectivity index (χ3v) is 3.30. The first-order valence-corrected chi connectivity index (χ1v) is 6.94. The van der Waals surface area contributed by atoms with E-state index in [2.05, 4.69) is 32.9 Å². The number of nitrogens with one attached hydrogen (secondary N) is 1. The fourth-order valence-corrected chi connectivity index (χ4v) is 1.52. The van der Waals surface area contributed by atoms with E-state index in [0.717, 1.165) is 18.2 Å². The standard InChI is InChI=1S/C11H19BrF3NO2/c1-9(7-12)3-2-5-16-10(17)4-6-18-8-11(13,14)15/h9H,2-8H2,1H3,(H,16,17). The molecule has 0 fully saturated rings. The van der Waals surface area contributed by atoms with Crippen molar-refractivity contribution in [1.82, 2.24) is 5.32 Å². The summed E-state index contributed by atoms with van der Waals surface area (Å²) < 4.78 is 39.5. The molecule has 108 valence electrons. The van der Waals surface area contributed by atoms with Gasteiger partial charge in [-0.25, -0.2) is 0 Å². The van der Waals surface area contributed by atoms with Gasteiger partial charge in [0.25, 0.3) is 0 Å². The molecule has 1 N–H and O–H groups in total. The van der Waals surface area contributed by atoms with Gasteiger partial charge in [0.15, 0.2) is 0 Å². The van der Waals surface area contributed by atoms with Crippen molar-refractivity contribution >= 4 is 21.8 Å². The summed E-state index contributed by atoms with van der Waals surface area (Å²) in [7, 11) is 0. The van der Waals surface area contributed by atoms with Crippen molar-refractivity contribution in [3.05, 3.63) is 0 Å². The minimum atomic E-state index is -4.33. The van der Waals surface area contributed by atoms with E-state index in [9.17, 15) is 18.0 Å². The topological polar surface area (TPSA) is 38.3 Å². The van der Waals surface area contributed by atoms with E-state index in [1.807, 2.05) is 0 Å². The number of hydrogen-bond acceptors (Lipinski definition) is 2. The van der Waals surface area contributed by atoms with Crippen LogP contribution in [-0.2, 0) is 9.53 Å². The van der Waals surface area contributed by atoms with Crippen molar-refractivity contribution in [3.8, 4) is 0 Å². The molecule has 0 saturated carbocycles. The van der Waals surface area contributed by atoms with Gasteiger partial charge in [-0.15, -0.1) is 0 Å². The predicted octanol–water partition coefficient (Wildman–Crippen LogP) is 2.88. The van der Waals surface area contributed by atoms with Gasteiger partial charge in [0, 0.05) is 18.3 Å². The molecule has 1 amide bonds. The Morgan fingerprint density at radius 2 is 2.11 bits per heavy atom. The Labute approximate surface area is 114 Å². The van der Waals surface area contributed by atoms with Crippen LogP contribution < -0.4 is 5.32 Å². The fourth-order valence-electron chi connectivity index (χ4n) is 1.20. The molecule has 0 spiro atoms. The third kappa shape index (κ3) is 12.2. The maximum atomic E-state index is 11.7. The van der Waals surface area contributed by atoms with E-state index in [4.69, 9.17) is 0 Å². The average Bonchev–Trinajstić information content (AvgIpc) is 2.28. The highest BCUT2D eigenvalue weighted by molar-refractivity contribution is 9.09. The molecule has 0 aliphatic rings. The lowest BCUT2D eigenvalue weighted by Crippen LogP contribution is -2.26. The SMILES string of the molecule is CC(CBr)CCCNC(=O)CCOCC(F)(F)F. The number of ether oxygens (including phenoxy) is 1. The van der Waals surface area contributed by atoms with Crippen LogP contribution in [-0.4, -0.2) is 37.2 Å². The van der Waals surface area contributed by atoms with Crippen molar-refractivity contribution in [2.45, 2.75) is 32.4 Å². The van der Waals surface area contributed by atoms with Crippen molar-refractivity contribution in [2.75, 3.05) is 25.1 Å². The van der Waals surface area contributed by atoms with Crippen LogP contribution in [0.4, 0.5) is 13.2 Å². The molecule has 0 aromatic carbocycles. The summed E-state index contributed by atoms with van der Waals surface area (Å²) in [4.78, 5) is 11.2. The second kappa shape index (κ2) is 9.61. The summed E-state index contributed by atoms with van der Waals surface area (Å²) in [5, 5.41) is 3.57. The number of carbonyl (C=O) groups excluding carboxylic acids is 1. The predicted molar refractivity (Wildman–Crippen MR) is 66.7 cm³/mol. The van der Waals surface area contributed by atoms with Gasteiger partial charge >= 0.3 is 6.18 Å². The first kappa shape index (κ1) is 17.7. The van der Waals surface area contributed by atoms with E-state index >= 15 is 0 Å². The van der Waals surface area contributed by atoms with Gasteiger partial charge < -0.3 is 10.1 Å². The summed E-state index contributed by atoms with van der Waals surface area (Å²) in [6.45, 7) is 1.14. The Morgan fingerprint density at radius 3 is 2.67 bits per heavy atom. The summed E-state index contributed by atoms with van der Waals surface area (Å²) in [6, 6.07) is 0. The van der Waals surface area contributed by atoms with Crippen LogP contribution in [0.2, 0.25) is 0 Å². The van der Waals surface area contributed by atoms with Gasteiger partial charge in [-0.1, -0.05) is 22.9 Å². The van der Waals surface area contributed by atoms with Crippen molar-refractivity contribution in [3.63, 3.8) is 0 Å². The number of hydrogen-bond donors (Lipinski definition) is 1. The molecule has 3 nitrogen and oxygen atoms in total. The van der Waals surface area contributed by atoms with Crippen LogP contribution in [0.1, 0.15) is 26.2 Å². The lowest BCUT2D eigenvalue weighted by Gasteiger charge is -2.09. The Hall–Kier alpha value is -0.300. The lowest BCUT2D eigenvalue weighted by atomic mass is 10.1. The van der Waals surface area contributed by atoms with Crippen molar-refractivity contribution < 1.29 is 22.7 Å². The summed E-state index contributed by atoms with van der Waals surface area (Å²) in [5.74, 6) is 0.278. The molecule has 7 heteroatoms. The number of alkyl halides is 4. The summed E-state index contributed by atoms with van der Waals surface area (Å²) in [6.07, 6.45) is -2.51. The van der Waals surface area contributed by atoms with Crippen LogP contribution in [0.5, 0.6) is 0 Å².